The Morgan fingerprint density at radius 3 is 2.57 bits per heavy atom. The minimum Gasteiger partial charge on any atom is -0.393 e. The summed E-state index contributed by atoms with van der Waals surface area (Å²) >= 11 is 1.71. The zero-order chi connectivity index (χ0) is 26.6. The standard InChI is InChI=1S/C27H40F3N5OS/c1-26-13-15-35(22-9-7-21(8-10-22)27(28,29)30)24(26)18-34(19-26)14-4-16-37-25(32-31-2)33(3)17-20-5-11-23(36)12-6-20/h7-10,20,23-24,36H,2,4-6,11-19H2,1,3H3/b32-25+. The van der Waals surface area contributed by atoms with Gasteiger partial charge >= 0.3 is 6.18 Å². The van der Waals surface area contributed by atoms with Crippen LogP contribution in [0.3, 0.4) is 0 Å². The minimum atomic E-state index is -4.30. The summed E-state index contributed by atoms with van der Waals surface area (Å²) in [6, 6.07) is 5.95. The van der Waals surface area contributed by atoms with E-state index in [-0.39, 0.29) is 11.5 Å². The van der Waals surface area contributed by atoms with Gasteiger partial charge in [0.05, 0.1) is 11.7 Å². The van der Waals surface area contributed by atoms with Crippen LogP contribution < -0.4 is 4.90 Å². The second-order valence-corrected chi connectivity index (χ2v) is 12.2. The number of likely N-dealkylation sites (tertiary alicyclic amines) is 1. The SMILES string of the molecule is C=N/N=C(/SCCCN1CC2N(c3ccc(C(F)(F)F)cc3)CCC2(C)C1)N(C)CC1CCC(O)CC1. The summed E-state index contributed by atoms with van der Waals surface area (Å²) < 4.78 is 38.9. The van der Waals surface area contributed by atoms with Crippen molar-refractivity contribution in [3.05, 3.63) is 29.8 Å². The number of rotatable bonds is 8. The topological polar surface area (TPSA) is 54.7 Å². The number of benzene rings is 1. The minimum absolute atomic E-state index is 0.145. The molecule has 0 radical (unpaired) electrons. The van der Waals surface area contributed by atoms with Gasteiger partial charge in [0.25, 0.3) is 0 Å². The Hall–Kier alpha value is -1.78. The second kappa shape index (κ2) is 11.9. The molecule has 1 aromatic rings. The summed E-state index contributed by atoms with van der Waals surface area (Å²) in [5.41, 5.74) is 0.442. The Morgan fingerprint density at radius 1 is 1.22 bits per heavy atom. The first-order chi connectivity index (χ1) is 17.6. The Balaban J connectivity index is 1.24. The molecule has 0 amide bonds. The molecule has 1 saturated carbocycles. The van der Waals surface area contributed by atoms with Crippen molar-refractivity contribution in [3.8, 4) is 0 Å². The number of halogens is 3. The lowest BCUT2D eigenvalue weighted by molar-refractivity contribution is -0.137. The Labute approximate surface area is 223 Å². The fourth-order valence-electron chi connectivity index (χ4n) is 6.24. The lowest BCUT2D eigenvalue weighted by Crippen LogP contribution is -2.37. The number of fused-ring (bicyclic) bond motifs is 1. The molecule has 6 nitrogen and oxygen atoms in total. The van der Waals surface area contributed by atoms with Crippen LogP contribution >= 0.6 is 11.8 Å². The predicted molar refractivity (Wildman–Crippen MR) is 146 cm³/mol. The summed E-state index contributed by atoms with van der Waals surface area (Å²) in [6.07, 6.45) is 1.47. The number of hydrogen-bond donors (Lipinski definition) is 1. The van der Waals surface area contributed by atoms with Gasteiger partial charge in [-0.3, -0.25) is 0 Å². The third-order valence-corrected chi connectivity index (χ3v) is 9.47. The van der Waals surface area contributed by atoms with E-state index in [1.165, 1.54) is 12.1 Å². The smallest absolute Gasteiger partial charge is 0.393 e. The maximum atomic E-state index is 13.0. The van der Waals surface area contributed by atoms with Gasteiger partial charge in [0.2, 0.25) is 0 Å². The summed E-state index contributed by atoms with van der Waals surface area (Å²) in [7, 11) is 2.06. The lowest BCUT2D eigenvalue weighted by atomic mass is 9.85. The largest absolute Gasteiger partial charge is 0.416 e. The first-order valence-electron chi connectivity index (χ1n) is 13.3. The Kier molecular flexibility index (Phi) is 9.12. The van der Waals surface area contributed by atoms with Crippen molar-refractivity contribution in [1.82, 2.24) is 9.80 Å². The van der Waals surface area contributed by atoms with Crippen molar-refractivity contribution in [1.29, 1.82) is 0 Å². The van der Waals surface area contributed by atoms with Crippen LogP contribution in [0.25, 0.3) is 0 Å². The van der Waals surface area contributed by atoms with Gasteiger partial charge in [0.1, 0.15) is 0 Å². The fourth-order valence-corrected chi connectivity index (χ4v) is 7.11. The highest BCUT2D eigenvalue weighted by Gasteiger charge is 2.50. The number of aliphatic hydroxyl groups excluding tert-OH is 1. The number of anilines is 1. The molecule has 1 aliphatic carbocycles. The third kappa shape index (κ3) is 7.00. The van der Waals surface area contributed by atoms with Gasteiger partial charge in [-0.15, -0.1) is 5.10 Å². The third-order valence-electron chi connectivity index (χ3n) is 8.33. The van der Waals surface area contributed by atoms with Gasteiger partial charge in [-0.25, -0.2) is 0 Å². The quantitative estimate of drug-likeness (QED) is 0.213. The van der Waals surface area contributed by atoms with Crippen LogP contribution in [0.1, 0.15) is 51.0 Å². The van der Waals surface area contributed by atoms with Crippen LogP contribution in [-0.2, 0) is 6.18 Å². The number of aliphatic hydroxyl groups is 1. The van der Waals surface area contributed by atoms with Crippen molar-refractivity contribution in [2.24, 2.45) is 21.5 Å². The molecule has 10 heteroatoms. The summed E-state index contributed by atoms with van der Waals surface area (Å²) in [6.45, 7) is 10.6. The molecule has 37 heavy (non-hydrogen) atoms. The van der Waals surface area contributed by atoms with Crippen molar-refractivity contribution in [2.45, 2.75) is 63.8 Å². The molecule has 206 valence electrons. The molecule has 2 unspecified atom stereocenters. The molecule has 0 spiro atoms. The monoisotopic (exact) mass is 539 g/mol. The van der Waals surface area contributed by atoms with E-state index >= 15 is 0 Å². The highest BCUT2D eigenvalue weighted by molar-refractivity contribution is 8.13. The number of nitrogens with zero attached hydrogens (tertiary/aromatic N) is 5. The zero-order valence-corrected chi connectivity index (χ0v) is 22.8. The Morgan fingerprint density at radius 2 is 1.92 bits per heavy atom. The van der Waals surface area contributed by atoms with Crippen molar-refractivity contribution in [3.63, 3.8) is 0 Å². The fraction of sp³-hybridized carbons (Fsp3) is 0.704. The van der Waals surface area contributed by atoms with E-state index in [0.29, 0.717) is 12.0 Å². The number of alkyl halides is 3. The molecular weight excluding hydrogens is 499 g/mol. The summed E-state index contributed by atoms with van der Waals surface area (Å²) in [5.74, 6) is 1.50. The number of hydrogen-bond acceptors (Lipinski definition) is 6. The van der Waals surface area contributed by atoms with E-state index in [4.69, 9.17) is 0 Å². The second-order valence-electron chi connectivity index (χ2n) is 11.2. The van der Waals surface area contributed by atoms with Crippen molar-refractivity contribution >= 4 is 29.3 Å². The normalized spacial score (nSPS) is 29.0. The van der Waals surface area contributed by atoms with Gasteiger partial charge in [-0.05, 0) is 75.3 Å². The maximum Gasteiger partial charge on any atom is 0.416 e. The summed E-state index contributed by atoms with van der Waals surface area (Å²) in [4.78, 5) is 6.97. The van der Waals surface area contributed by atoms with Gasteiger partial charge in [0, 0.05) is 62.8 Å². The first kappa shape index (κ1) is 28.2. The van der Waals surface area contributed by atoms with E-state index in [2.05, 4.69) is 45.6 Å². The predicted octanol–water partition coefficient (Wildman–Crippen LogP) is 5.18. The van der Waals surface area contributed by atoms with E-state index < -0.39 is 11.7 Å². The molecule has 2 heterocycles. The van der Waals surface area contributed by atoms with E-state index in [0.717, 1.165) is 87.9 Å². The van der Waals surface area contributed by atoms with Crippen LogP contribution in [0.2, 0.25) is 0 Å². The molecule has 2 aliphatic heterocycles. The average molecular weight is 540 g/mol. The number of amidine groups is 1. The molecular formula is C27H40F3N5OS. The molecule has 0 bridgehead atoms. The molecule has 4 rings (SSSR count). The molecule has 0 aromatic heterocycles. The van der Waals surface area contributed by atoms with Crippen LogP contribution in [0.15, 0.2) is 34.5 Å². The highest BCUT2D eigenvalue weighted by Crippen LogP contribution is 2.44. The summed E-state index contributed by atoms with van der Waals surface area (Å²) in [5, 5.41) is 18.7. The van der Waals surface area contributed by atoms with Gasteiger partial charge in [-0.2, -0.15) is 18.3 Å². The van der Waals surface area contributed by atoms with E-state index in [1.54, 1.807) is 23.9 Å². The van der Waals surface area contributed by atoms with Crippen LogP contribution in [0.4, 0.5) is 18.9 Å². The molecule has 2 saturated heterocycles. The van der Waals surface area contributed by atoms with Crippen LogP contribution in [0.5, 0.6) is 0 Å². The molecule has 1 aromatic carbocycles. The van der Waals surface area contributed by atoms with Crippen molar-refractivity contribution in [2.75, 3.05) is 50.4 Å². The Bertz CT molecular complexity index is 935. The van der Waals surface area contributed by atoms with Crippen LogP contribution in [0, 0.1) is 11.3 Å². The van der Waals surface area contributed by atoms with Gasteiger partial charge in [0.15, 0.2) is 5.17 Å². The van der Waals surface area contributed by atoms with Crippen LogP contribution in [-0.4, -0.2) is 84.5 Å². The van der Waals surface area contributed by atoms with E-state index in [1.807, 2.05) is 0 Å². The number of thioether (sulfide) groups is 1. The highest BCUT2D eigenvalue weighted by atomic mass is 32.2. The molecule has 3 fully saturated rings. The molecule has 2 atom stereocenters. The van der Waals surface area contributed by atoms with E-state index in [9.17, 15) is 18.3 Å². The first-order valence-corrected chi connectivity index (χ1v) is 14.3. The lowest BCUT2D eigenvalue weighted by Gasteiger charge is -2.30. The van der Waals surface area contributed by atoms with Gasteiger partial charge in [-0.1, -0.05) is 18.7 Å². The molecule has 3 aliphatic rings. The average Bonchev–Trinajstić information content (AvgIpc) is 3.34. The zero-order valence-electron chi connectivity index (χ0n) is 22.0. The molecule has 1 N–H and O–H groups in total. The van der Waals surface area contributed by atoms with Crippen molar-refractivity contribution < 1.29 is 18.3 Å². The van der Waals surface area contributed by atoms with Gasteiger partial charge < -0.3 is 19.8 Å². The maximum absolute atomic E-state index is 13.0.